The number of carbonyl (C=O) groups is 2. The number of rotatable bonds is 7. The Morgan fingerprint density at radius 2 is 1.95 bits per heavy atom. The molecule has 0 saturated carbocycles. The summed E-state index contributed by atoms with van der Waals surface area (Å²) < 4.78 is 5.07. The zero-order chi connectivity index (χ0) is 16.0. The van der Waals surface area contributed by atoms with Gasteiger partial charge in [-0.2, -0.15) is 0 Å². The molecule has 0 radical (unpaired) electrons. The van der Waals surface area contributed by atoms with E-state index in [1.807, 2.05) is 24.3 Å². The second kappa shape index (κ2) is 7.36. The zero-order valence-corrected chi connectivity index (χ0v) is 13.5. The van der Waals surface area contributed by atoms with Crippen LogP contribution in [-0.4, -0.2) is 34.9 Å². The van der Waals surface area contributed by atoms with E-state index in [1.165, 1.54) is 18.7 Å². The third-order valence-corrected chi connectivity index (χ3v) is 4.43. The van der Waals surface area contributed by atoms with Crippen LogP contribution in [0.5, 0.6) is 5.75 Å². The smallest absolute Gasteiger partial charge is 0.329 e. The Hall–Kier alpha value is -1.69. The Labute approximate surface area is 129 Å². The van der Waals surface area contributed by atoms with Crippen LogP contribution in [0.3, 0.4) is 0 Å². The highest BCUT2D eigenvalue weighted by molar-refractivity contribution is 8.00. The van der Waals surface area contributed by atoms with Crippen LogP contribution in [0.4, 0.5) is 0 Å². The molecule has 0 bridgehead atoms. The highest BCUT2D eigenvalue weighted by atomic mass is 32.2. The summed E-state index contributed by atoms with van der Waals surface area (Å²) in [6.45, 7) is 5.00. The summed E-state index contributed by atoms with van der Waals surface area (Å²) in [6, 6.07) is 7.37. The number of hydrogen-bond acceptors (Lipinski definition) is 4. The fourth-order valence-electron chi connectivity index (χ4n) is 1.58. The van der Waals surface area contributed by atoms with Crippen LogP contribution >= 0.6 is 11.8 Å². The summed E-state index contributed by atoms with van der Waals surface area (Å²) in [5.74, 6) is -0.566. The first-order chi connectivity index (χ1) is 9.82. The van der Waals surface area contributed by atoms with Crippen molar-refractivity contribution in [3.05, 3.63) is 24.3 Å². The molecule has 5 nitrogen and oxygen atoms in total. The second-order valence-corrected chi connectivity index (χ2v) is 6.33. The number of thioether (sulfide) groups is 1. The molecule has 2 atom stereocenters. The van der Waals surface area contributed by atoms with Gasteiger partial charge < -0.3 is 15.2 Å². The number of hydrogen-bond donors (Lipinski definition) is 2. The topological polar surface area (TPSA) is 75.6 Å². The van der Waals surface area contributed by atoms with Crippen LogP contribution in [0.25, 0.3) is 0 Å². The molecule has 0 aliphatic rings. The van der Waals surface area contributed by atoms with Crippen LogP contribution in [0.1, 0.15) is 27.2 Å². The van der Waals surface area contributed by atoms with E-state index in [-0.39, 0.29) is 11.2 Å². The van der Waals surface area contributed by atoms with Gasteiger partial charge in [0.15, 0.2) is 0 Å². The minimum absolute atomic E-state index is 0.289. The van der Waals surface area contributed by atoms with Crippen molar-refractivity contribution in [2.45, 2.75) is 42.9 Å². The molecule has 1 aromatic carbocycles. The summed E-state index contributed by atoms with van der Waals surface area (Å²) in [7, 11) is 1.59. The predicted octanol–water partition coefficient (Wildman–Crippen LogP) is 2.55. The van der Waals surface area contributed by atoms with Crippen molar-refractivity contribution in [3.63, 3.8) is 0 Å². The number of ether oxygens (including phenoxy) is 1. The lowest BCUT2D eigenvalue weighted by Crippen LogP contribution is -2.53. The van der Waals surface area contributed by atoms with Crippen molar-refractivity contribution < 1.29 is 19.4 Å². The highest BCUT2D eigenvalue weighted by Crippen LogP contribution is 2.26. The van der Waals surface area contributed by atoms with Gasteiger partial charge in [-0.25, -0.2) is 4.79 Å². The molecule has 0 aromatic heterocycles. The summed E-state index contributed by atoms with van der Waals surface area (Å²) in [5, 5.41) is 11.4. The lowest BCUT2D eigenvalue weighted by molar-refractivity contribution is -0.146. The lowest BCUT2D eigenvalue weighted by Gasteiger charge is -2.26. The highest BCUT2D eigenvalue weighted by Gasteiger charge is 2.34. The molecular formula is C15H21NO4S. The van der Waals surface area contributed by atoms with E-state index in [9.17, 15) is 14.7 Å². The van der Waals surface area contributed by atoms with Gasteiger partial charge in [0, 0.05) is 4.90 Å². The van der Waals surface area contributed by atoms with Crippen molar-refractivity contribution in [3.8, 4) is 5.75 Å². The molecule has 1 aromatic rings. The first-order valence-corrected chi connectivity index (χ1v) is 7.56. The van der Waals surface area contributed by atoms with Gasteiger partial charge in [0.25, 0.3) is 0 Å². The van der Waals surface area contributed by atoms with Crippen LogP contribution in [0.15, 0.2) is 29.2 Å². The monoisotopic (exact) mass is 311 g/mol. The molecule has 0 aliphatic carbocycles. The number of carboxylic acids is 1. The average Bonchev–Trinajstić information content (AvgIpc) is 2.47. The number of carboxylic acid groups (broad SMARTS) is 1. The second-order valence-electron chi connectivity index (χ2n) is 4.92. The van der Waals surface area contributed by atoms with Crippen LogP contribution in [0.2, 0.25) is 0 Å². The van der Waals surface area contributed by atoms with Gasteiger partial charge in [0.05, 0.1) is 12.4 Å². The average molecular weight is 311 g/mol. The number of methoxy groups -OCH3 is 1. The van der Waals surface area contributed by atoms with Gasteiger partial charge in [-0.3, -0.25) is 4.79 Å². The van der Waals surface area contributed by atoms with Gasteiger partial charge in [-0.1, -0.05) is 6.92 Å². The molecule has 2 N–H and O–H groups in total. The van der Waals surface area contributed by atoms with E-state index >= 15 is 0 Å². The number of carbonyl (C=O) groups excluding carboxylic acids is 1. The van der Waals surface area contributed by atoms with Crippen LogP contribution in [0, 0.1) is 0 Å². The first-order valence-electron chi connectivity index (χ1n) is 6.68. The fraction of sp³-hybridized carbons (Fsp3) is 0.467. The maximum absolute atomic E-state index is 12.1. The van der Waals surface area contributed by atoms with Gasteiger partial charge in [-0.15, -0.1) is 11.8 Å². The van der Waals surface area contributed by atoms with Crippen molar-refractivity contribution in [1.29, 1.82) is 0 Å². The normalized spacial score (nSPS) is 14.9. The molecule has 21 heavy (non-hydrogen) atoms. The van der Waals surface area contributed by atoms with Crippen molar-refractivity contribution in [1.82, 2.24) is 5.32 Å². The summed E-state index contributed by atoms with van der Waals surface area (Å²) >= 11 is 1.37. The van der Waals surface area contributed by atoms with Crippen LogP contribution < -0.4 is 10.1 Å². The van der Waals surface area contributed by atoms with Gasteiger partial charge in [0.2, 0.25) is 5.91 Å². The van der Waals surface area contributed by atoms with Gasteiger partial charge in [0.1, 0.15) is 11.3 Å². The van der Waals surface area contributed by atoms with E-state index in [1.54, 1.807) is 21.0 Å². The SMILES string of the molecule is CC[C@@](C)(NC(=O)[C@H](C)Sc1ccc(OC)cc1)C(=O)O. The van der Waals surface area contributed by atoms with Gasteiger partial charge >= 0.3 is 5.97 Å². The molecule has 6 heteroatoms. The maximum Gasteiger partial charge on any atom is 0.329 e. The fourth-order valence-corrected chi connectivity index (χ4v) is 2.45. The molecule has 1 rings (SSSR count). The Morgan fingerprint density at radius 3 is 2.38 bits per heavy atom. The van der Waals surface area contributed by atoms with E-state index in [2.05, 4.69) is 5.32 Å². The number of nitrogens with one attached hydrogen (secondary N) is 1. The first kappa shape index (κ1) is 17.4. The molecule has 0 fully saturated rings. The van der Waals surface area contributed by atoms with Gasteiger partial charge in [-0.05, 0) is 44.5 Å². The van der Waals surface area contributed by atoms with E-state index < -0.39 is 11.5 Å². The Kier molecular flexibility index (Phi) is 6.08. The van der Waals surface area contributed by atoms with Crippen molar-refractivity contribution >= 4 is 23.6 Å². The lowest BCUT2D eigenvalue weighted by atomic mass is 9.99. The van der Waals surface area contributed by atoms with E-state index in [0.29, 0.717) is 6.42 Å². The quantitative estimate of drug-likeness (QED) is 0.757. The molecule has 116 valence electrons. The van der Waals surface area contributed by atoms with Crippen molar-refractivity contribution in [2.24, 2.45) is 0 Å². The molecule has 0 spiro atoms. The third-order valence-electron chi connectivity index (χ3n) is 3.32. The minimum Gasteiger partial charge on any atom is -0.497 e. The summed E-state index contributed by atoms with van der Waals surface area (Å²) in [4.78, 5) is 24.3. The molecule has 0 saturated heterocycles. The number of aliphatic carboxylic acids is 1. The molecule has 1 amide bonds. The standard InChI is InChI=1S/C15H21NO4S/c1-5-15(3,14(18)19)16-13(17)10(2)21-12-8-6-11(20-4)7-9-12/h6-10H,5H2,1-4H3,(H,16,17)(H,18,19)/t10-,15+/m0/s1. The van der Waals surface area contributed by atoms with E-state index in [4.69, 9.17) is 4.74 Å². The molecule has 0 heterocycles. The predicted molar refractivity (Wildman–Crippen MR) is 82.8 cm³/mol. The Morgan fingerprint density at radius 1 is 1.38 bits per heavy atom. The molecule has 0 aliphatic heterocycles. The summed E-state index contributed by atoms with van der Waals surface area (Å²) in [5.41, 5.74) is -1.23. The van der Waals surface area contributed by atoms with Crippen LogP contribution in [-0.2, 0) is 9.59 Å². The Balaban J connectivity index is 2.67. The third kappa shape index (κ3) is 4.67. The summed E-state index contributed by atoms with van der Waals surface area (Å²) in [6.07, 6.45) is 0.327. The van der Waals surface area contributed by atoms with E-state index in [0.717, 1.165) is 10.6 Å². The zero-order valence-electron chi connectivity index (χ0n) is 12.7. The molecule has 0 unspecified atom stereocenters. The maximum atomic E-state index is 12.1. The van der Waals surface area contributed by atoms with Crippen molar-refractivity contribution in [2.75, 3.05) is 7.11 Å². The number of amides is 1. The number of benzene rings is 1. The minimum atomic E-state index is -1.23. The largest absolute Gasteiger partial charge is 0.497 e. The Bertz CT molecular complexity index is 503. The molecular weight excluding hydrogens is 290 g/mol.